The van der Waals surface area contributed by atoms with Gasteiger partial charge >= 0.3 is 11.9 Å². The Bertz CT molecular complexity index is 512. The van der Waals surface area contributed by atoms with Crippen LogP contribution in [0.25, 0.3) is 0 Å². The maximum Gasteiger partial charge on any atom is 0.372 e. The van der Waals surface area contributed by atoms with E-state index >= 15 is 0 Å². The van der Waals surface area contributed by atoms with Crippen LogP contribution in [0.3, 0.4) is 0 Å². The molecule has 0 rings (SSSR count). The fourth-order valence-electron chi connectivity index (χ4n) is 1.23. The summed E-state index contributed by atoms with van der Waals surface area (Å²) >= 11 is 0. The van der Waals surface area contributed by atoms with Gasteiger partial charge in [-0.15, -0.1) is 13.2 Å². The first-order valence-corrected chi connectivity index (χ1v) is 7.67. The third kappa shape index (κ3) is 14.5. The Balaban J connectivity index is 0. The normalized spacial score (nSPS) is 10.5. The molecule has 0 aromatic heterocycles. The molecule has 0 fully saturated rings. The summed E-state index contributed by atoms with van der Waals surface area (Å²) in [6, 6.07) is 0. The predicted octanol–water partition coefficient (Wildman–Crippen LogP) is 4.06. The van der Waals surface area contributed by atoms with Crippen LogP contribution in [0.1, 0.15) is 19.8 Å². The van der Waals surface area contributed by atoms with Crippen LogP contribution in [0.5, 0.6) is 0 Å². The van der Waals surface area contributed by atoms with Crippen LogP contribution < -0.4 is 0 Å². The maximum atomic E-state index is 11.0. The van der Waals surface area contributed by atoms with Gasteiger partial charge in [0.05, 0.1) is 7.11 Å². The maximum absolute atomic E-state index is 11.0. The van der Waals surface area contributed by atoms with Gasteiger partial charge in [-0.25, -0.2) is 9.59 Å². The molecule has 5 heteroatoms. The van der Waals surface area contributed by atoms with E-state index in [1.54, 1.807) is 43.4 Å². The fraction of sp³-hybridized carbons (Fsp3) is 0.300. The topological polar surface area (TPSA) is 61.8 Å². The average molecular weight is 348 g/mol. The van der Waals surface area contributed by atoms with E-state index in [0.717, 1.165) is 0 Å². The van der Waals surface area contributed by atoms with Gasteiger partial charge in [-0.3, -0.25) is 0 Å². The van der Waals surface area contributed by atoms with Crippen molar-refractivity contribution < 1.29 is 23.8 Å². The van der Waals surface area contributed by atoms with Crippen LogP contribution >= 0.6 is 0 Å². The van der Waals surface area contributed by atoms with Crippen molar-refractivity contribution in [2.24, 2.45) is 0 Å². The lowest BCUT2D eigenvalue weighted by atomic mass is 10.2. The highest BCUT2D eigenvalue weighted by molar-refractivity contribution is 5.87. The molecule has 0 aliphatic carbocycles. The minimum atomic E-state index is -0.483. The number of hydrogen-bond donors (Lipinski definition) is 0. The standard InChI is InChI=1S/C10H14O3.C10H14O2/c1-4-6-7-9(10(11)12-3)13-8-5-2;1-4-6-7-9(3)10(11)12-8-5-2/h4-5,7H,1-2,6,8H2,3H3;4-5,7H,1-2,6,8H2,3H3. The van der Waals surface area contributed by atoms with Crippen LogP contribution in [-0.4, -0.2) is 32.3 Å². The molecule has 0 unspecified atom stereocenters. The Kier molecular flexibility index (Phi) is 17.1. The van der Waals surface area contributed by atoms with Crippen molar-refractivity contribution in [1.82, 2.24) is 0 Å². The van der Waals surface area contributed by atoms with Crippen molar-refractivity contribution in [1.29, 1.82) is 0 Å². The van der Waals surface area contributed by atoms with Crippen molar-refractivity contribution in [2.75, 3.05) is 20.3 Å². The lowest BCUT2D eigenvalue weighted by Crippen LogP contribution is -2.08. The smallest absolute Gasteiger partial charge is 0.372 e. The van der Waals surface area contributed by atoms with Gasteiger partial charge in [0.15, 0.2) is 0 Å². The number of carbonyl (C=O) groups is 2. The van der Waals surface area contributed by atoms with E-state index in [1.807, 2.05) is 0 Å². The minimum Gasteiger partial charge on any atom is -0.483 e. The van der Waals surface area contributed by atoms with Crippen molar-refractivity contribution in [3.05, 3.63) is 74.1 Å². The summed E-state index contributed by atoms with van der Waals surface area (Å²) in [7, 11) is 1.31. The van der Waals surface area contributed by atoms with Crippen LogP contribution in [0.2, 0.25) is 0 Å². The third-order valence-corrected chi connectivity index (χ3v) is 2.46. The number of allylic oxidation sites excluding steroid dienone is 4. The first-order valence-electron chi connectivity index (χ1n) is 7.67. The molecule has 0 saturated heterocycles. The van der Waals surface area contributed by atoms with Gasteiger partial charge in [0.1, 0.15) is 13.2 Å². The Morgan fingerprint density at radius 2 is 1.32 bits per heavy atom. The number of rotatable bonds is 11. The summed E-state index contributed by atoms with van der Waals surface area (Å²) in [5.41, 5.74) is 0.608. The molecule has 0 aromatic rings. The number of ether oxygens (including phenoxy) is 3. The van der Waals surface area contributed by atoms with Gasteiger partial charge in [0, 0.05) is 5.57 Å². The number of carbonyl (C=O) groups excluding carboxylic acids is 2. The number of methoxy groups -OCH3 is 1. The quantitative estimate of drug-likeness (QED) is 0.244. The van der Waals surface area contributed by atoms with Crippen molar-refractivity contribution >= 4 is 11.9 Å². The Hall–Kier alpha value is -2.82. The van der Waals surface area contributed by atoms with Crippen LogP contribution in [0, 0.1) is 0 Å². The largest absolute Gasteiger partial charge is 0.483 e. The predicted molar refractivity (Wildman–Crippen MR) is 101 cm³/mol. The highest BCUT2D eigenvalue weighted by Gasteiger charge is 2.08. The highest BCUT2D eigenvalue weighted by atomic mass is 16.6. The molecular formula is C20H28O5. The molecule has 0 N–H and O–H groups in total. The molecule has 25 heavy (non-hydrogen) atoms. The Morgan fingerprint density at radius 1 is 0.800 bits per heavy atom. The first kappa shape index (κ1) is 24.4. The zero-order chi connectivity index (χ0) is 19.5. The number of esters is 2. The van der Waals surface area contributed by atoms with E-state index in [0.29, 0.717) is 18.4 Å². The van der Waals surface area contributed by atoms with E-state index in [9.17, 15) is 9.59 Å². The van der Waals surface area contributed by atoms with E-state index in [1.165, 1.54) is 7.11 Å². The van der Waals surface area contributed by atoms with Crippen molar-refractivity contribution in [3.8, 4) is 0 Å². The molecule has 0 heterocycles. The van der Waals surface area contributed by atoms with E-state index < -0.39 is 5.97 Å². The molecule has 0 saturated carbocycles. The lowest BCUT2D eigenvalue weighted by molar-refractivity contribution is -0.140. The Labute approximate surface area is 150 Å². The highest BCUT2D eigenvalue weighted by Crippen LogP contribution is 2.02. The molecule has 0 bridgehead atoms. The second kappa shape index (κ2) is 17.5. The summed E-state index contributed by atoms with van der Waals surface area (Å²) in [4.78, 5) is 22.1. The SMILES string of the molecule is C=CCC=C(C)C(=O)OCC=C.C=CCC=C(OCC=C)C(=O)OC. The van der Waals surface area contributed by atoms with Gasteiger partial charge in [0.25, 0.3) is 0 Å². The van der Waals surface area contributed by atoms with Gasteiger partial charge in [-0.2, -0.15) is 0 Å². The lowest BCUT2D eigenvalue weighted by Gasteiger charge is -2.05. The summed E-state index contributed by atoms with van der Waals surface area (Å²) < 4.78 is 14.4. The van der Waals surface area contributed by atoms with Crippen LogP contribution in [-0.2, 0) is 23.8 Å². The average Bonchev–Trinajstić information content (AvgIpc) is 2.64. The summed E-state index contributed by atoms with van der Waals surface area (Å²) in [5.74, 6) is -0.581. The zero-order valence-corrected chi connectivity index (χ0v) is 15.2. The van der Waals surface area contributed by atoms with Gasteiger partial charge in [-0.1, -0.05) is 43.5 Å². The fourth-order valence-corrected chi connectivity index (χ4v) is 1.23. The second-order valence-corrected chi connectivity index (χ2v) is 4.48. The molecule has 0 spiro atoms. The van der Waals surface area contributed by atoms with Gasteiger partial charge < -0.3 is 14.2 Å². The molecule has 138 valence electrons. The molecule has 0 atom stereocenters. The van der Waals surface area contributed by atoms with E-state index in [2.05, 4.69) is 31.1 Å². The minimum absolute atomic E-state index is 0.197. The molecule has 0 aliphatic rings. The molecule has 0 aliphatic heterocycles. The molecule has 0 aromatic carbocycles. The van der Waals surface area contributed by atoms with E-state index in [4.69, 9.17) is 9.47 Å². The molecule has 0 amide bonds. The summed E-state index contributed by atoms with van der Waals surface area (Å²) in [6.45, 7) is 16.3. The van der Waals surface area contributed by atoms with Crippen molar-refractivity contribution in [2.45, 2.75) is 19.8 Å². The van der Waals surface area contributed by atoms with Gasteiger partial charge in [-0.05, 0) is 25.8 Å². The van der Waals surface area contributed by atoms with E-state index in [-0.39, 0.29) is 24.9 Å². The monoisotopic (exact) mass is 348 g/mol. The van der Waals surface area contributed by atoms with Crippen LogP contribution in [0.15, 0.2) is 74.1 Å². The molecule has 5 nitrogen and oxygen atoms in total. The zero-order valence-electron chi connectivity index (χ0n) is 15.2. The number of hydrogen-bond acceptors (Lipinski definition) is 5. The summed E-state index contributed by atoms with van der Waals surface area (Å²) in [6.07, 6.45) is 11.1. The second-order valence-electron chi connectivity index (χ2n) is 4.48. The van der Waals surface area contributed by atoms with Crippen LogP contribution in [0.4, 0.5) is 0 Å². The molecular weight excluding hydrogens is 320 g/mol. The Morgan fingerprint density at radius 3 is 1.80 bits per heavy atom. The first-order chi connectivity index (χ1) is 12.0. The van der Waals surface area contributed by atoms with Crippen molar-refractivity contribution in [3.63, 3.8) is 0 Å². The summed E-state index contributed by atoms with van der Waals surface area (Å²) in [5, 5.41) is 0. The molecule has 0 radical (unpaired) electrons. The third-order valence-electron chi connectivity index (χ3n) is 2.46. The van der Waals surface area contributed by atoms with Gasteiger partial charge in [0.2, 0.25) is 5.76 Å².